The molecule has 6 rings (SSSR count). The molecule has 3 aliphatic rings. The molecular weight excluding hydrogens is 511 g/mol. The van der Waals surface area contributed by atoms with Gasteiger partial charge in [-0.3, -0.25) is 0 Å². The smallest absolute Gasteiger partial charge is 0.232 e. The molecular formula is C29H37FN8O2. The van der Waals surface area contributed by atoms with Gasteiger partial charge in [-0.15, -0.1) is 0 Å². The average Bonchev–Trinajstić information content (AvgIpc) is 3.56. The number of nitrogens with one attached hydrogen (secondary N) is 2. The number of nitrogen functional groups attached to an aromatic ring is 1. The molecule has 1 saturated carbocycles. The third-order valence-electron chi connectivity index (χ3n) is 8.27. The van der Waals surface area contributed by atoms with Gasteiger partial charge >= 0.3 is 0 Å². The van der Waals surface area contributed by atoms with Crippen LogP contribution in [0.4, 0.5) is 39.0 Å². The second-order valence-electron chi connectivity index (χ2n) is 11.8. The topological polar surface area (TPSA) is 125 Å². The Bertz CT molecular complexity index is 1420. The summed E-state index contributed by atoms with van der Waals surface area (Å²) in [5, 5.41) is 17.1. The zero-order valence-electron chi connectivity index (χ0n) is 23.4. The van der Waals surface area contributed by atoms with Crippen LogP contribution in [0.2, 0.25) is 0 Å². The van der Waals surface area contributed by atoms with E-state index in [0.29, 0.717) is 45.9 Å². The first kappa shape index (κ1) is 26.5. The van der Waals surface area contributed by atoms with Crippen molar-refractivity contribution in [1.29, 1.82) is 0 Å². The summed E-state index contributed by atoms with van der Waals surface area (Å²) in [6.45, 7) is 6.46. The lowest BCUT2D eigenvalue weighted by Crippen LogP contribution is -2.35. The van der Waals surface area contributed by atoms with Gasteiger partial charge in [0, 0.05) is 43.0 Å². The number of ether oxygens (including phenoxy) is 1. The highest BCUT2D eigenvalue weighted by molar-refractivity contribution is 5.80. The number of hydrogen-bond acceptors (Lipinski definition) is 10. The fourth-order valence-corrected chi connectivity index (χ4v) is 6.14. The van der Waals surface area contributed by atoms with Crippen molar-refractivity contribution < 1.29 is 14.2 Å². The van der Waals surface area contributed by atoms with Gasteiger partial charge in [0.25, 0.3) is 0 Å². The second-order valence-corrected chi connectivity index (χ2v) is 11.8. The van der Waals surface area contributed by atoms with E-state index in [1.807, 2.05) is 12.1 Å². The minimum atomic E-state index is -1.19. The molecule has 2 aromatic carbocycles. The van der Waals surface area contributed by atoms with Gasteiger partial charge in [-0.05, 0) is 75.8 Å². The quantitative estimate of drug-likeness (QED) is 0.302. The van der Waals surface area contributed by atoms with Crippen LogP contribution >= 0.6 is 0 Å². The molecule has 1 aliphatic carbocycles. The van der Waals surface area contributed by atoms with Gasteiger partial charge in [0.2, 0.25) is 11.9 Å². The third kappa shape index (κ3) is 5.11. The number of likely N-dealkylation sites (N-methyl/N-ethyl adjacent to an activating group) is 1. The Kier molecular flexibility index (Phi) is 6.66. The Labute approximate surface area is 233 Å². The predicted octanol–water partition coefficient (Wildman–Crippen LogP) is 4.33. The zero-order valence-corrected chi connectivity index (χ0v) is 23.4. The molecule has 11 heteroatoms. The van der Waals surface area contributed by atoms with Crippen molar-refractivity contribution in [3.63, 3.8) is 0 Å². The zero-order chi connectivity index (χ0) is 28.2. The van der Waals surface area contributed by atoms with Crippen molar-refractivity contribution >= 4 is 34.6 Å². The van der Waals surface area contributed by atoms with E-state index in [1.54, 1.807) is 27.0 Å². The number of fused-ring (bicyclic) bond motifs is 1. The average molecular weight is 549 g/mol. The Balaban J connectivity index is 1.25. The predicted molar refractivity (Wildman–Crippen MR) is 154 cm³/mol. The number of aromatic nitrogens is 3. The van der Waals surface area contributed by atoms with Crippen molar-refractivity contribution in [2.24, 2.45) is 5.92 Å². The first-order valence-corrected chi connectivity index (χ1v) is 13.8. The summed E-state index contributed by atoms with van der Waals surface area (Å²) >= 11 is 0. The van der Waals surface area contributed by atoms with Gasteiger partial charge in [0.1, 0.15) is 17.9 Å². The van der Waals surface area contributed by atoms with Crippen LogP contribution in [0.5, 0.6) is 5.75 Å². The number of likely N-dealkylation sites (tertiary alicyclic amines) is 1. The van der Waals surface area contributed by atoms with E-state index in [4.69, 9.17) is 10.5 Å². The van der Waals surface area contributed by atoms with E-state index < -0.39 is 5.60 Å². The molecule has 2 saturated heterocycles. The molecule has 0 spiro atoms. The van der Waals surface area contributed by atoms with Gasteiger partial charge in [-0.25, -0.2) is 14.4 Å². The lowest BCUT2D eigenvalue weighted by atomic mass is 9.93. The van der Waals surface area contributed by atoms with E-state index in [9.17, 15) is 9.50 Å². The van der Waals surface area contributed by atoms with Gasteiger partial charge in [-0.2, -0.15) is 4.98 Å². The third-order valence-corrected chi connectivity index (χ3v) is 8.27. The Morgan fingerprint density at radius 3 is 2.45 bits per heavy atom. The molecule has 212 valence electrons. The summed E-state index contributed by atoms with van der Waals surface area (Å²) in [5.74, 6) is 1.65. The number of halogens is 1. The summed E-state index contributed by atoms with van der Waals surface area (Å²) in [5.41, 5.74) is 9.23. The molecule has 0 amide bonds. The molecule has 2 atom stereocenters. The number of aliphatic hydroxyl groups is 1. The van der Waals surface area contributed by atoms with E-state index >= 15 is 0 Å². The van der Waals surface area contributed by atoms with Crippen LogP contribution in [-0.4, -0.2) is 64.8 Å². The molecule has 0 radical (unpaired) electrons. The number of methoxy groups -OCH3 is 1. The molecule has 40 heavy (non-hydrogen) atoms. The summed E-state index contributed by atoms with van der Waals surface area (Å²) in [6.07, 6.45) is 4.44. The molecule has 0 bridgehead atoms. The monoisotopic (exact) mass is 548 g/mol. The molecule has 3 aromatic rings. The van der Waals surface area contributed by atoms with Crippen LogP contribution in [0.25, 0.3) is 0 Å². The van der Waals surface area contributed by atoms with Crippen molar-refractivity contribution in [3.8, 4) is 5.75 Å². The van der Waals surface area contributed by atoms with Gasteiger partial charge in [0.05, 0.1) is 29.8 Å². The van der Waals surface area contributed by atoms with Crippen LogP contribution in [0.15, 0.2) is 30.6 Å². The molecule has 1 aromatic heterocycles. The first-order valence-electron chi connectivity index (χ1n) is 13.8. The number of rotatable bonds is 8. The highest BCUT2D eigenvalue weighted by Gasteiger charge is 2.41. The number of anilines is 6. The Morgan fingerprint density at radius 1 is 1.05 bits per heavy atom. The minimum Gasteiger partial charge on any atom is -0.494 e. The van der Waals surface area contributed by atoms with E-state index in [0.717, 1.165) is 44.6 Å². The standard InChI is InChI=1S/C29H37FN8O2/c1-29(2,39)19-9-18(16-5-6-16)20(30)10-22(19)34-27-32-15-33-28(36-27)35-23-11-21(31)24(12-26(23)40-4)38-8-7-17-13-37(3)14-25(17)38/h9-12,15-17,25,39H,5-8,13-14,31H2,1-4H3,(H2,32,33,34,35,36)/t17-,25+/m1/s1. The Hall–Kier alpha value is -3.70. The van der Waals surface area contributed by atoms with Crippen molar-refractivity contribution in [2.75, 3.05) is 55.1 Å². The number of benzene rings is 2. The molecule has 5 N–H and O–H groups in total. The van der Waals surface area contributed by atoms with Crippen molar-refractivity contribution in [2.45, 2.75) is 50.7 Å². The number of hydrogen-bond donors (Lipinski definition) is 4. The van der Waals surface area contributed by atoms with Crippen molar-refractivity contribution in [1.82, 2.24) is 19.9 Å². The minimum absolute atomic E-state index is 0.207. The highest BCUT2D eigenvalue weighted by Crippen LogP contribution is 2.45. The van der Waals surface area contributed by atoms with Crippen LogP contribution in [-0.2, 0) is 5.60 Å². The van der Waals surface area contributed by atoms with E-state index in [1.165, 1.54) is 12.4 Å². The molecule has 3 fully saturated rings. The number of nitrogens with zero attached hydrogens (tertiary/aromatic N) is 5. The second kappa shape index (κ2) is 10.0. The van der Waals surface area contributed by atoms with Gasteiger partial charge in [0.15, 0.2) is 0 Å². The molecule has 10 nitrogen and oxygen atoms in total. The van der Waals surface area contributed by atoms with Crippen LogP contribution in [0.1, 0.15) is 50.2 Å². The van der Waals surface area contributed by atoms with Crippen LogP contribution in [0.3, 0.4) is 0 Å². The SMILES string of the molecule is COc1cc(N2CC[C@@H]3CN(C)C[C@@H]32)c(N)cc1Nc1ncnc(Nc2cc(F)c(C3CC3)cc2C(C)(C)O)n1. The maximum Gasteiger partial charge on any atom is 0.232 e. The summed E-state index contributed by atoms with van der Waals surface area (Å²) < 4.78 is 20.6. The number of nitrogens with two attached hydrogens (primary N) is 1. The normalized spacial score (nSPS) is 21.0. The first-order chi connectivity index (χ1) is 19.1. The molecule has 0 unspecified atom stereocenters. The lowest BCUT2D eigenvalue weighted by Gasteiger charge is -2.28. The van der Waals surface area contributed by atoms with Crippen LogP contribution < -0.4 is 26.0 Å². The maximum absolute atomic E-state index is 14.9. The van der Waals surface area contributed by atoms with Crippen LogP contribution in [0, 0.1) is 11.7 Å². The molecule has 3 heterocycles. The van der Waals surface area contributed by atoms with E-state index in [2.05, 4.69) is 42.4 Å². The summed E-state index contributed by atoms with van der Waals surface area (Å²) in [4.78, 5) is 17.7. The summed E-state index contributed by atoms with van der Waals surface area (Å²) in [7, 11) is 3.78. The fraction of sp³-hybridized carbons (Fsp3) is 0.483. The fourth-order valence-electron chi connectivity index (χ4n) is 6.14. The van der Waals surface area contributed by atoms with Crippen molar-refractivity contribution in [3.05, 3.63) is 47.5 Å². The van der Waals surface area contributed by atoms with Gasteiger partial charge in [-0.1, -0.05) is 0 Å². The maximum atomic E-state index is 14.9. The molecule has 2 aliphatic heterocycles. The lowest BCUT2D eigenvalue weighted by molar-refractivity contribution is 0.0792. The summed E-state index contributed by atoms with van der Waals surface area (Å²) in [6, 6.07) is 7.42. The Morgan fingerprint density at radius 2 is 1.77 bits per heavy atom. The van der Waals surface area contributed by atoms with E-state index in [-0.39, 0.29) is 23.6 Å². The highest BCUT2D eigenvalue weighted by atomic mass is 19.1. The largest absolute Gasteiger partial charge is 0.494 e. The van der Waals surface area contributed by atoms with Gasteiger partial charge < -0.3 is 36.0 Å².